The van der Waals surface area contributed by atoms with Gasteiger partial charge in [-0.3, -0.25) is 4.79 Å². The number of carboxylic acids is 1. The van der Waals surface area contributed by atoms with E-state index in [9.17, 15) is 22.8 Å². The molecule has 1 heterocycles. The van der Waals surface area contributed by atoms with Crippen LogP contribution in [0.25, 0.3) is 0 Å². The third kappa shape index (κ3) is 4.03. The Bertz CT molecular complexity index is 1040. The first-order valence-corrected chi connectivity index (χ1v) is 8.07. The summed E-state index contributed by atoms with van der Waals surface area (Å²) < 4.78 is 41.0. The number of benzene rings is 2. The number of nitrogens with one attached hydrogen (secondary N) is 1. The third-order valence-electron chi connectivity index (χ3n) is 3.93. The van der Waals surface area contributed by atoms with Crippen LogP contribution in [0.4, 0.5) is 19.0 Å². The second-order valence-electron chi connectivity index (χ2n) is 6.07. The van der Waals surface area contributed by atoms with Crippen LogP contribution in [0, 0.1) is 24.4 Å². The Morgan fingerprint density at radius 3 is 2.25 bits per heavy atom. The first-order chi connectivity index (χ1) is 13.2. The number of hydrogen-bond acceptors (Lipinski definition) is 3. The molecule has 1 aromatic heterocycles. The number of anilines is 1. The topological polar surface area (TPSA) is 84.2 Å². The van der Waals surface area contributed by atoms with E-state index >= 15 is 0 Å². The zero-order valence-corrected chi connectivity index (χ0v) is 14.5. The van der Waals surface area contributed by atoms with Gasteiger partial charge in [0.25, 0.3) is 5.91 Å². The lowest BCUT2D eigenvalue weighted by molar-refractivity contribution is 0.0689. The van der Waals surface area contributed by atoms with Crippen LogP contribution in [0.5, 0.6) is 0 Å². The number of rotatable bonds is 5. The highest BCUT2D eigenvalue weighted by Crippen LogP contribution is 2.18. The van der Waals surface area contributed by atoms with Crippen molar-refractivity contribution in [1.82, 2.24) is 9.78 Å². The second kappa shape index (κ2) is 7.55. The van der Waals surface area contributed by atoms with Crippen molar-refractivity contribution in [3.63, 3.8) is 0 Å². The Kier molecular flexibility index (Phi) is 5.16. The largest absolute Gasteiger partial charge is 0.476 e. The van der Waals surface area contributed by atoms with E-state index in [1.54, 1.807) is 24.3 Å². The zero-order valence-electron chi connectivity index (χ0n) is 14.5. The quantitative estimate of drug-likeness (QED) is 0.653. The fourth-order valence-electron chi connectivity index (χ4n) is 2.51. The van der Waals surface area contributed by atoms with Crippen molar-refractivity contribution < 1.29 is 27.9 Å². The van der Waals surface area contributed by atoms with Crippen molar-refractivity contribution in [3.8, 4) is 0 Å². The average Bonchev–Trinajstić information content (AvgIpc) is 3.03. The number of amides is 1. The number of aryl methyl sites for hydroxylation is 1. The number of aromatic nitrogens is 2. The number of aromatic carboxylic acids is 1. The van der Waals surface area contributed by atoms with E-state index in [4.69, 9.17) is 5.11 Å². The van der Waals surface area contributed by atoms with Crippen molar-refractivity contribution >= 4 is 17.7 Å². The molecule has 0 radical (unpaired) electrons. The van der Waals surface area contributed by atoms with Crippen molar-refractivity contribution in [2.45, 2.75) is 13.5 Å². The van der Waals surface area contributed by atoms with Crippen LogP contribution < -0.4 is 5.32 Å². The number of halogens is 3. The van der Waals surface area contributed by atoms with Gasteiger partial charge < -0.3 is 10.4 Å². The summed E-state index contributed by atoms with van der Waals surface area (Å²) in [5, 5.41) is 15.5. The van der Waals surface area contributed by atoms with E-state index in [0.717, 1.165) is 28.4 Å². The molecule has 2 aromatic carbocycles. The number of carboxylic acid groups (broad SMARTS) is 1. The van der Waals surface area contributed by atoms with Crippen LogP contribution in [-0.2, 0) is 6.54 Å². The summed E-state index contributed by atoms with van der Waals surface area (Å²) in [5.41, 5.74) is 0.911. The maximum atomic E-state index is 13.4. The van der Waals surface area contributed by atoms with E-state index in [1.165, 1.54) is 0 Å². The average molecular weight is 389 g/mol. The summed E-state index contributed by atoms with van der Waals surface area (Å²) >= 11 is 0. The number of nitrogens with zero attached hydrogens (tertiary/aromatic N) is 2. The molecule has 0 unspecified atom stereocenters. The molecule has 0 saturated carbocycles. The number of carbonyl (C=O) groups excluding carboxylic acids is 1. The van der Waals surface area contributed by atoms with Crippen LogP contribution in [-0.4, -0.2) is 26.8 Å². The lowest BCUT2D eigenvalue weighted by Crippen LogP contribution is -2.16. The summed E-state index contributed by atoms with van der Waals surface area (Å²) in [6, 6.07) is 9.31. The minimum atomic E-state index is -1.61. The molecule has 0 aliphatic rings. The van der Waals surface area contributed by atoms with Gasteiger partial charge in [-0.1, -0.05) is 17.7 Å². The third-order valence-corrected chi connectivity index (χ3v) is 3.93. The Balaban J connectivity index is 1.92. The highest BCUT2D eigenvalue weighted by Gasteiger charge is 2.18. The fraction of sp³-hybridized carbons (Fsp3) is 0.105. The van der Waals surface area contributed by atoms with E-state index < -0.39 is 29.3 Å². The first kappa shape index (κ1) is 19.2. The van der Waals surface area contributed by atoms with Gasteiger partial charge >= 0.3 is 5.97 Å². The molecule has 9 heteroatoms. The lowest BCUT2D eigenvalue weighted by Gasteiger charge is -2.10. The molecule has 0 aliphatic heterocycles. The first-order valence-electron chi connectivity index (χ1n) is 8.07. The Morgan fingerprint density at radius 1 is 1.07 bits per heavy atom. The van der Waals surface area contributed by atoms with Crippen molar-refractivity contribution in [3.05, 3.63) is 82.3 Å². The van der Waals surface area contributed by atoms with Gasteiger partial charge in [-0.15, -0.1) is 0 Å². The minimum Gasteiger partial charge on any atom is -0.476 e. The number of carbonyl (C=O) groups is 2. The van der Waals surface area contributed by atoms with Gasteiger partial charge in [-0.25, -0.2) is 22.6 Å². The van der Waals surface area contributed by atoms with Crippen LogP contribution >= 0.6 is 0 Å². The normalized spacial score (nSPS) is 10.7. The van der Waals surface area contributed by atoms with Crippen LogP contribution in [0.2, 0.25) is 0 Å². The van der Waals surface area contributed by atoms with E-state index in [-0.39, 0.29) is 23.6 Å². The summed E-state index contributed by atoms with van der Waals surface area (Å²) in [7, 11) is 0. The van der Waals surface area contributed by atoms with Crippen LogP contribution in [0.1, 0.15) is 32.0 Å². The van der Waals surface area contributed by atoms with E-state index in [0.29, 0.717) is 5.56 Å². The van der Waals surface area contributed by atoms with Gasteiger partial charge in [0.15, 0.2) is 23.1 Å². The molecule has 0 atom stereocenters. The molecule has 6 nitrogen and oxygen atoms in total. The molecule has 0 saturated heterocycles. The standard InChI is InChI=1S/C19H14F3N3O3/c1-10-2-4-12(5-3-10)18(26)23-16-8-15(19(27)28)24-25(16)9-11-6-13(20)17(22)14(21)7-11/h2-8H,9H2,1H3,(H,23,26)(H,27,28). The molecule has 2 N–H and O–H groups in total. The maximum absolute atomic E-state index is 13.4. The SMILES string of the molecule is Cc1ccc(C(=O)Nc2cc(C(=O)O)nn2Cc2cc(F)c(F)c(F)c2)cc1. The highest BCUT2D eigenvalue weighted by atomic mass is 19.2. The number of hydrogen-bond donors (Lipinski definition) is 2. The van der Waals surface area contributed by atoms with Crippen LogP contribution in [0.15, 0.2) is 42.5 Å². The molecule has 0 spiro atoms. The molecule has 28 heavy (non-hydrogen) atoms. The molecule has 0 bridgehead atoms. The van der Waals surface area contributed by atoms with Gasteiger partial charge in [0.1, 0.15) is 5.82 Å². The molecule has 144 valence electrons. The summed E-state index contributed by atoms with van der Waals surface area (Å²) in [6.45, 7) is 1.57. The lowest BCUT2D eigenvalue weighted by atomic mass is 10.1. The fourth-order valence-corrected chi connectivity index (χ4v) is 2.51. The highest BCUT2D eigenvalue weighted by molar-refractivity contribution is 6.04. The summed E-state index contributed by atoms with van der Waals surface area (Å²) in [5.74, 6) is -6.23. The molecule has 1 amide bonds. The Hall–Kier alpha value is -3.62. The Morgan fingerprint density at radius 2 is 1.68 bits per heavy atom. The van der Waals surface area contributed by atoms with E-state index in [2.05, 4.69) is 10.4 Å². The predicted molar refractivity (Wildman–Crippen MR) is 93.7 cm³/mol. The maximum Gasteiger partial charge on any atom is 0.356 e. The van der Waals surface area contributed by atoms with E-state index in [1.807, 2.05) is 6.92 Å². The molecular formula is C19H14F3N3O3. The van der Waals surface area contributed by atoms with Gasteiger partial charge in [0, 0.05) is 11.6 Å². The van der Waals surface area contributed by atoms with Crippen molar-refractivity contribution in [1.29, 1.82) is 0 Å². The van der Waals surface area contributed by atoms with Crippen LogP contribution in [0.3, 0.4) is 0 Å². The molecule has 3 rings (SSSR count). The van der Waals surface area contributed by atoms with Gasteiger partial charge in [0.2, 0.25) is 0 Å². The predicted octanol–water partition coefficient (Wildman–Crippen LogP) is 3.61. The smallest absolute Gasteiger partial charge is 0.356 e. The van der Waals surface area contributed by atoms with Gasteiger partial charge in [-0.2, -0.15) is 5.10 Å². The minimum absolute atomic E-state index is 0.00211. The second-order valence-corrected chi connectivity index (χ2v) is 6.07. The van der Waals surface area contributed by atoms with Crippen molar-refractivity contribution in [2.75, 3.05) is 5.32 Å². The van der Waals surface area contributed by atoms with Gasteiger partial charge in [0.05, 0.1) is 6.54 Å². The molecule has 0 aliphatic carbocycles. The molecular weight excluding hydrogens is 375 g/mol. The zero-order chi connectivity index (χ0) is 20.4. The molecule has 3 aromatic rings. The molecule has 0 fully saturated rings. The summed E-state index contributed by atoms with van der Waals surface area (Å²) in [4.78, 5) is 23.6. The van der Waals surface area contributed by atoms with Gasteiger partial charge in [-0.05, 0) is 36.8 Å². The van der Waals surface area contributed by atoms with Crippen molar-refractivity contribution in [2.24, 2.45) is 0 Å². The summed E-state index contributed by atoms with van der Waals surface area (Å²) in [6.07, 6.45) is 0. The monoisotopic (exact) mass is 389 g/mol. The Labute approximate surface area is 157 Å².